The van der Waals surface area contributed by atoms with Gasteiger partial charge in [-0.05, 0) is 37.5 Å². The quantitative estimate of drug-likeness (QED) is 0.263. The summed E-state index contributed by atoms with van der Waals surface area (Å²) in [6.07, 6.45) is 4.94. The topological polar surface area (TPSA) is 110 Å². The first kappa shape index (κ1) is 26.9. The molecule has 0 saturated heterocycles. The van der Waals surface area contributed by atoms with E-state index in [1.54, 1.807) is 7.05 Å². The third-order valence-corrected chi connectivity index (χ3v) is 8.40. The molecule has 184 valence electrons. The van der Waals surface area contributed by atoms with Crippen molar-refractivity contribution in [1.82, 2.24) is 4.31 Å². The van der Waals surface area contributed by atoms with Gasteiger partial charge in [-0.25, -0.2) is 12.7 Å². The van der Waals surface area contributed by atoms with Gasteiger partial charge in [-0.15, -0.1) is 0 Å². The third-order valence-electron chi connectivity index (χ3n) is 6.00. The van der Waals surface area contributed by atoms with Gasteiger partial charge in [0.2, 0.25) is 10.0 Å². The van der Waals surface area contributed by atoms with E-state index in [1.165, 1.54) is 10.7 Å². The molecule has 2 N–H and O–H groups in total. The second-order valence-corrected chi connectivity index (χ2v) is 10.5. The summed E-state index contributed by atoms with van der Waals surface area (Å²) >= 11 is 0. The summed E-state index contributed by atoms with van der Waals surface area (Å²) in [5, 5.41) is -0.158. The molecule has 2 aliphatic rings. The van der Waals surface area contributed by atoms with Gasteiger partial charge in [-0.2, -0.15) is 0 Å². The van der Waals surface area contributed by atoms with E-state index in [-0.39, 0.29) is 5.25 Å². The van der Waals surface area contributed by atoms with Gasteiger partial charge >= 0.3 is 0 Å². The third kappa shape index (κ3) is 10.00. The Morgan fingerprint density at radius 2 is 1.29 bits per heavy atom. The minimum Gasteiger partial charge on any atom is -0.379 e. The molecule has 0 aromatic rings. The maximum atomic E-state index is 12.8. The molecular weight excluding hydrogens is 424 g/mol. The van der Waals surface area contributed by atoms with Crippen molar-refractivity contribution in [3.05, 3.63) is 0 Å². The SMILES string of the molecule is CN(CCCOCCOCCOCCOCCOCCN)S(=O)(=O)C1CC2CCC1C2. The number of hydrogen-bond acceptors (Lipinski definition) is 8. The van der Waals surface area contributed by atoms with Gasteiger partial charge in [-0.1, -0.05) is 6.42 Å². The standard InChI is InChI=1S/C21H42N2O7S/c1-23(31(24,25)21-18-19-3-4-20(21)17-19)6-2-7-26-9-11-28-13-15-30-16-14-29-12-10-27-8-5-22/h19-21H,2-18,22H2,1H3. The smallest absolute Gasteiger partial charge is 0.217 e. The van der Waals surface area contributed by atoms with Crippen LogP contribution in [-0.2, 0) is 33.7 Å². The van der Waals surface area contributed by atoms with Crippen molar-refractivity contribution in [1.29, 1.82) is 0 Å². The monoisotopic (exact) mass is 466 g/mol. The summed E-state index contributed by atoms with van der Waals surface area (Å²) in [5.41, 5.74) is 5.32. The second-order valence-electron chi connectivity index (χ2n) is 8.28. The van der Waals surface area contributed by atoms with Gasteiger partial charge < -0.3 is 29.4 Å². The second kappa shape index (κ2) is 15.5. The van der Waals surface area contributed by atoms with Gasteiger partial charge in [0.1, 0.15) is 0 Å². The molecule has 2 rings (SSSR count). The highest BCUT2D eigenvalue weighted by atomic mass is 32.2. The van der Waals surface area contributed by atoms with Crippen molar-refractivity contribution < 1.29 is 32.1 Å². The van der Waals surface area contributed by atoms with E-state index in [4.69, 9.17) is 29.4 Å². The molecule has 2 fully saturated rings. The highest BCUT2D eigenvalue weighted by Gasteiger charge is 2.47. The molecule has 0 amide bonds. The molecule has 2 saturated carbocycles. The Kier molecular flexibility index (Phi) is 13.5. The first-order valence-electron chi connectivity index (χ1n) is 11.6. The van der Waals surface area contributed by atoms with Crippen LogP contribution in [0.3, 0.4) is 0 Å². The highest BCUT2D eigenvalue weighted by molar-refractivity contribution is 7.89. The predicted octanol–water partition coefficient (Wildman–Crippen LogP) is 0.868. The zero-order valence-electron chi connectivity index (χ0n) is 19.0. The number of hydrogen-bond donors (Lipinski definition) is 1. The summed E-state index contributed by atoms with van der Waals surface area (Å²) in [4.78, 5) is 0. The van der Waals surface area contributed by atoms with E-state index in [1.807, 2.05) is 0 Å². The Hall–Kier alpha value is -0.330. The summed E-state index contributed by atoms with van der Waals surface area (Å²) in [5.74, 6) is 1.01. The van der Waals surface area contributed by atoms with Gasteiger partial charge in [-0.3, -0.25) is 0 Å². The number of nitrogens with two attached hydrogens (primary N) is 1. The lowest BCUT2D eigenvalue weighted by Crippen LogP contribution is -2.39. The molecule has 2 bridgehead atoms. The summed E-state index contributed by atoms with van der Waals surface area (Å²) in [6, 6.07) is 0. The lowest BCUT2D eigenvalue weighted by atomic mass is 10.0. The van der Waals surface area contributed by atoms with E-state index in [0.29, 0.717) is 97.4 Å². The van der Waals surface area contributed by atoms with Crippen molar-refractivity contribution in [2.45, 2.75) is 37.4 Å². The highest BCUT2D eigenvalue weighted by Crippen LogP contribution is 2.47. The molecule has 0 aromatic carbocycles. The van der Waals surface area contributed by atoms with Crippen molar-refractivity contribution in [3.63, 3.8) is 0 Å². The Bertz CT molecular complexity index is 564. The van der Waals surface area contributed by atoms with Crippen molar-refractivity contribution in [3.8, 4) is 0 Å². The summed E-state index contributed by atoms with van der Waals surface area (Å²) in [6.45, 7) is 6.27. The molecular formula is C21H42N2O7S. The minimum atomic E-state index is -3.17. The van der Waals surface area contributed by atoms with E-state index in [2.05, 4.69) is 0 Å². The van der Waals surface area contributed by atoms with Crippen LogP contribution in [0.2, 0.25) is 0 Å². The van der Waals surface area contributed by atoms with Crippen LogP contribution in [0, 0.1) is 11.8 Å². The molecule has 0 aliphatic heterocycles. The van der Waals surface area contributed by atoms with Gasteiger partial charge in [0.25, 0.3) is 0 Å². The predicted molar refractivity (Wildman–Crippen MR) is 119 cm³/mol. The first-order valence-corrected chi connectivity index (χ1v) is 13.1. The Morgan fingerprint density at radius 1 is 0.774 bits per heavy atom. The maximum Gasteiger partial charge on any atom is 0.217 e. The lowest BCUT2D eigenvalue weighted by Gasteiger charge is -2.27. The molecule has 2 aliphatic carbocycles. The number of rotatable bonds is 20. The molecule has 10 heteroatoms. The van der Waals surface area contributed by atoms with Gasteiger partial charge in [0, 0.05) is 26.7 Å². The average molecular weight is 467 g/mol. The van der Waals surface area contributed by atoms with E-state index >= 15 is 0 Å². The normalized spacial score (nSPS) is 23.3. The van der Waals surface area contributed by atoms with E-state index in [0.717, 1.165) is 19.3 Å². The van der Waals surface area contributed by atoms with E-state index < -0.39 is 10.0 Å². The number of nitrogens with zero attached hydrogens (tertiary/aromatic N) is 1. The van der Waals surface area contributed by atoms with E-state index in [9.17, 15) is 8.42 Å². The fourth-order valence-electron chi connectivity index (χ4n) is 4.36. The lowest BCUT2D eigenvalue weighted by molar-refractivity contribution is -0.0107. The first-order chi connectivity index (χ1) is 15.1. The molecule has 3 atom stereocenters. The Balaban J connectivity index is 1.34. The largest absolute Gasteiger partial charge is 0.379 e. The van der Waals surface area contributed by atoms with Crippen LogP contribution in [0.4, 0.5) is 0 Å². The molecule has 0 aromatic heterocycles. The van der Waals surface area contributed by atoms with Crippen LogP contribution in [-0.4, -0.2) is 104 Å². The van der Waals surface area contributed by atoms with Crippen molar-refractivity contribution in [2.24, 2.45) is 17.6 Å². The van der Waals surface area contributed by atoms with Crippen LogP contribution in [0.1, 0.15) is 32.1 Å². The number of fused-ring (bicyclic) bond motifs is 2. The van der Waals surface area contributed by atoms with Crippen molar-refractivity contribution >= 4 is 10.0 Å². The molecule has 31 heavy (non-hydrogen) atoms. The number of sulfonamides is 1. The summed E-state index contributed by atoms with van der Waals surface area (Å²) < 4.78 is 54.0. The van der Waals surface area contributed by atoms with Crippen LogP contribution in [0.15, 0.2) is 0 Å². The number of ether oxygens (including phenoxy) is 5. The van der Waals surface area contributed by atoms with Gasteiger partial charge in [0.15, 0.2) is 0 Å². The Morgan fingerprint density at radius 3 is 1.74 bits per heavy atom. The van der Waals surface area contributed by atoms with Crippen LogP contribution >= 0.6 is 0 Å². The zero-order valence-corrected chi connectivity index (χ0v) is 19.9. The van der Waals surface area contributed by atoms with Crippen LogP contribution in [0.5, 0.6) is 0 Å². The molecule has 9 nitrogen and oxygen atoms in total. The van der Waals surface area contributed by atoms with Gasteiger partial charge in [0.05, 0.1) is 64.7 Å². The molecule has 0 heterocycles. The molecule has 0 spiro atoms. The minimum absolute atomic E-state index is 0.158. The fraction of sp³-hybridized carbons (Fsp3) is 1.00. The van der Waals surface area contributed by atoms with Crippen LogP contribution in [0.25, 0.3) is 0 Å². The Labute approximate surface area is 187 Å². The zero-order chi connectivity index (χ0) is 22.4. The maximum absolute atomic E-state index is 12.8. The fourth-order valence-corrected chi connectivity index (χ4v) is 6.46. The molecule has 3 unspecified atom stereocenters. The average Bonchev–Trinajstić information content (AvgIpc) is 3.40. The molecule has 0 radical (unpaired) electrons. The van der Waals surface area contributed by atoms with Crippen molar-refractivity contribution in [2.75, 3.05) is 86.2 Å². The summed E-state index contributed by atoms with van der Waals surface area (Å²) in [7, 11) is -1.47. The van der Waals surface area contributed by atoms with Crippen LogP contribution < -0.4 is 5.73 Å².